The highest BCUT2D eigenvalue weighted by Gasteiger charge is 2.23. The van der Waals surface area contributed by atoms with Gasteiger partial charge in [-0.3, -0.25) is 4.99 Å². The van der Waals surface area contributed by atoms with Gasteiger partial charge in [-0.1, -0.05) is 5.16 Å². The first-order valence-electron chi connectivity index (χ1n) is 7.30. The zero-order valence-electron chi connectivity index (χ0n) is 13.2. The van der Waals surface area contributed by atoms with Crippen LogP contribution in [0.4, 0.5) is 4.79 Å². The Morgan fingerprint density at radius 2 is 2.05 bits per heavy atom. The molecule has 2 rings (SSSR count). The number of amides is 1. The van der Waals surface area contributed by atoms with Crippen LogP contribution in [0.25, 0.3) is 0 Å². The Bertz CT molecular complexity index is 522. The van der Waals surface area contributed by atoms with Crippen molar-refractivity contribution < 1.29 is 14.1 Å². The third-order valence-electron chi connectivity index (χ3n) is 3.28. The van der Waals surface area contributed by atoms with Gasteiger partial charge in [0.1, 0.15) is 0 Å². The maximum Gasteiger partial charge on any atom is 0.409 e. The fourth-order valence-electron chi connectivity index (χ4n) is 2.21. The Morgan fingerprint density at radius 3 is 2.59 bits per heavy atom. The first kappa shape index (κ1) is 16.1. The quantitative estimate of drug-likeness (QED) is 0.630. The molecule has 22 heavy (non-hydrogen) atoms. The predicted octanol–water partition coefficient (Wildman–Crippen LogP) is 0.228. The molecule has 0 unspecified atom stereocenters. The molecule has 0 atom stereocenters. The number of ether oxygens (including phenoxy) is 1. The van der Waals surface area contributed by atoms with E-state index in [1.165, 1.54) is 0 Å². The van der Waals surface area contributed by atoms with Crippen LogP contribution < -0.4 is 5.32 Å². The number of hydrogen-bond donors (Lipinski definition) is 1. The lowest BCUT2D eigenvalue weighted by Gasteiger charge is -2.35. The third kappa shape index (κ3) is 4.09. The molecule has 1 aliphatic heterocycles. The average Bonchev–Trinajstić information content (AvgIpc) is 2.94. The molecule has 1 aromatic rings. The van der Waals surface area contributed by atoms with Crippen LogP contribution in [-0.4, -0.2) is 71.8 Å². The summed E-state index contributed by atoms with van der Waals surface area (Å²) < 4.78 is 10.1. The van der Waals surface area contributed by atoms with Crippen LogP contribution in [0.15, 0.2) is 9.52 Å². The van der Waals surface area contributed by atoms with Crippen molar-refractivity contribution >= 4 is 12.1 Å². The number of piperazine rings is 1. The molecule has 9 nitrogen and oxygen atoms in total. The van der Waals surface area contributed by atoms with Gasteiger partial charge in [0, 0.05) is 33.2 Å². The van der Waals surface area contributed by atoms with E-state index in [4.69, 9.17) is 9.26 Å². The summed E-state index contributed by atoms with van der Waals surface area (Å²) in [5.74, 6) is 1.87. The van der Waals surface area contributed by atoms with Crippen LogP contribution in [0.1, 0.15) is 18.6 Å². The molecule has 2 heterocycles. The van der Waals surface area contributed by atoms with Crippen molar-refractivity contribution in [3.8, 4) is 0 Å². The summed E-state index contributed by atoms with van der Waals surface area (Å²) in [7, 11) is 1.72. The summed E-state index contributed by atoms with van der Waals surface area (Å²) >= 11 is 0. The number of guanidine groups is 1. The topological polar surface area (TPSA) is 96.1 Å². The molecule has 0 radical (unpaired) electrons. The molecule has 1 fully saturated rings. The Labute approximate surface area is 129 Å². The summed E-state index contributed by atoms with van der Waals surface area (Å²) in [5.41, 5.74) is 0. The van der Waals surface area contributed by atoms with Crippen LogP contribution in [0.2, 0.25) is 0 Å². The zero-order chi connectivity index (χ0) is 15.9. The highest BCUT2D eigenvalue weighted by Crippen LogP contribution is 2.05. The van der Waals surface area contributed by atoms with Crippen molar-refractivity contribution in [3.63, 3.8) is 0 Å². The molecule has 9 heteroatoms. The minimum Gasteiger partial charge on any atom is -0.450 e. The Morgan fingerprint density at radius 1 is 1.36 bits per heavy atom. The molecule has 1 saturated heterocycles. The van der Waals surface area contributed by atoms with Gasteiger partial charge in [0.2, 0.25) is 5.89 Å². The predicted molar refractivity (Wildman–Crippen MR) is 79.4 cm³/mol. The lowest BCUT2D eigenvalue weighted by Crippen LogP contribution is -2.53. The van der Waals surface area contributed by atoms with Gasteiger partial charge in [-0.2, -0.15) is 4.98 Å². The van der Waals surface area contributed by atoms with Crippen molar-refractivity contribution in [2.24, 2.45) is 4.99 Å². The molecule has 122 valence electrons. The molecule has 1 amide bonds. The van der Waals surface area contributed by atoms with E-state index in [0.717, 1.165) is 5.96 Å². The van der Waals surface area contributed by atoms with Crippen molar-refractivity contribution in [2.75, 3.05) is 39.8 Å². The highest BCUT2D eigenvalue weighted by molar-refractivity contribution is 5.80. The van der Waals surface area contributed by atoms with Gasteiger partial charge < -0.3 is 24.4 Å². The lowest BCUT2D eigenvalue weighted by atomic mass is 10.3. The number of carbonyl (C=O) groups is 1. The first-order valence-corrected chi connectivity index (χ1v) is 7.30. The van der Waals surface area contributed by atoms with E-state index in [9.17, 15) is 4.79 Å². The second kappa shape index (κ2) is 7.62. The van der Waals surface area contributed by atoms with Gasteiger partial charge in [-0.15, -0.1) is 0 Å². The number of hydrogen-bond acceptors (Lipinski definition) is 6. The maximum atomic E-state index is 11.7. The van der Waals surface area contributed by atoms with Crippen LogP contribution in [0.3, 0.4) is 0 Å². The van der Waals surface area contributed by atoms with E-state index >= 15 is 0 Å². The average molecular weight is 310 g/mol. The molecule has 0 saturated carbocycles. The van der Waals surface area contributed by atoms with Crippen LogP contribution >= 0.6 is 0 Å². The largest absolute Gasteiger partial charge is 0.450 e. The number of aliphatic imine (C=N–C) groups is 1. The SMILES string of the molecule is CCOC(=O)N1CCN(C(=NC)NCc2nc(C)no2)CC1. The molecule has 1 N–H and O–H groups in total. The van der Waals surface area contributed by atoms with Crippen LogP contribution in [0, 0.1) is 6.92 Å². The number of rotatable bonds is 3. The number of nitrogens with zero attached hydrogens (tertiary/aromatic N) is 5. The van der Waals surface area contributed by atoms with Crippen molar-refractivity contribution in [2.45, 2.75) is 20.4 Å². The molecular formula is C13H22N6O3. The number of aryl methyl sites for hydroxylation is 1. The highest BCUT2D eigenvalue weighted by atomic mass is 16.6. The van der Waals surface area contributed by atoms with Crippen molar-refractivity contribution in [3.05, 3.63) is 11.7 Å². The Kier molecular flexibility index (Phi) is 5.56. The van der Waals surface area contributed by atoms with Gasteiger partial charge in [-0.05, 0) is 13.8 Å². The molecule has 0 bridgehead atoms. The van der Waals surface area contributed by atoms with Gasteiger partial charge in [0.25, 0.3) is 0 Å². The Hall–Kier alpha value is -2.32. The number of nitrogens with one attached hydrogen (secondary N) is 1. The smallest absolute Gasteiger partial charge is 0.409 e. The van der Waals surface area contributed by atoms with E-state index in [1.54, 1.807) is 25.8 Å². The van der Waals surface area contributed by atoms with Gasteiger partial charge in [0.15, 0.2) is 11.8 Å². The second-order valence-corrected chi connectivity index (χ2v) is 4.81. The van der Waals surface area contributed by atoms with Crippen LogP contribution in [-0.2, 0) is 11.3 Å². The summed E-state index contributed by atoms with van der Waals surface area (Å²) in [5, 5.41) is 6.93. The molecule has 0 aromatic carbocycles. The minimum atomic E-state index is -0.258. The van der Waals surface area contributed by atoms with Crippen molar-refractivity contribution in [1.82, 2.24) is 25.3 Å². The zero-order valence-corrected chi connectivity index (χ0v) is 13.2. The van der Waals surface area contributed by atoms with Crippen molar-refractivity contribution in [1.29, 1.82) is 0 Å². The molecule has 0 aliphatic carbocycles. The molecule has 1 aliphatic rings. The number of carbonyl (C=O) groups excluding carboxylic acids is 1. The van der Waals surface area contributed by atoms with E-state index in [-0.39, 0.29) is 6.09 Å². The van der Waals surface area contributed by atoms with Gasteiger partial charge in [-0.25, -0.2) is 4.79 Å². The minimum absolute atomic E-state index is 0.258. The third-order valence-corrected chi connectivity index (χ3v) is 3.28. The van der Waals surface area contributed by atoms with Gasteiger partial charge >= 0.3 is 6.09 Å². The van der Waals surface area contributed by atoms with Gasteiger partial charge in [0.05, 0.1) is 13.2 Å². The first-order chi connectivity index (χ1) is 10.6. The second-order valence-electron chi connectivity index (χ2n) is 4.81. The molecule has 0 spiro atoms. The normalized spacial score (nSPS) is 15.9. The van der Waals surface area contributed by atoms with E-state index in [0.29, 0.717) is 51.0 Å². The summed E-state index contributed by atoms with van der Waals surface area (Å²) in [6.07, 6.45) is -0.258. The fraction of sp³-hybridized carbons (Fsp3) is 0.692. The maximum absolute atomic E-state index is 11.7. The Balaban J connectivity index is 1.82. The standard InChI is InChI=1S/C13H22N6O3/c1-4-21-13(20)19-7-5-18(6-8-19)12(14-3)15-9-11-16-10(2)17-22-11/h4-9H2,1-3H3,(H,14,15). The number of aromatic nitrogens is 2. The summed E-state index contributed by atoms with van der Waals surface area (Å²) in [6.45, 7) is 7.01. The van der Waals surface area contributed by atoms with E-state index < -0.39 is 0 Å². The fourth-order valence-corrected chi connectivity index (χ4v) is 2.21. The lowest BCUT2D eigenvalue weighted by molar-refractivity contribution is 0.0914. The van der Waals surface area contributed by atoms with E-state index in [2.05, 4.69) is 25.3 Å². The summed E-state index contributed by atoms with van der Waals surface area (Å²) in [6, 6.07) is 0. The molecule has 1 aromatic heterocycles. The molecular weight excluding hydrogens is 288 g/mol. The monoisotopic (exact) mass is 310 g/mol. The van der Waals surface area contributed by atoms with Crippen LogP contribution in [0.5, 0.6) is 0 Å². The summed E-state index contributed by atoms with van der Waals surface area (Å²) in [4.78, 5) is 23.8. The van der Waals surface area contributed by atoms with E-state index in [1.807, 2.05) is 0 Å².